The first kappa shape index (κ1) is 21.6. The minimum atomic E-state index is -4.21. The van der Waals surface area contributed by atoms with Crippen molar-refractivity contribution in [2.75, 3.05) is 46.9 Å². The normalized spacial score (nSPS) is 17.2. The molecule has 2 aromatic carbocycles. The van der Waals surface area contributed by atoms with E-state index >= 15 is 0 Å². The van der Waals surface area contributed by atoms with Crippen LogP contribution in [0.1, 0.15) is 11.6 Å². The number of ether oxygens (including phenoxy) is 1. The first-order valence-corrected chi connectivity index (χ1v) is 10.8. The molecule has 6 nitrogen and oxygen atoms in total. The highest BCUT2D eigenvalue weighted by atomic mass is 32.2. The lowest BCUT2D eigenvalue weighted by Gasteiger charge is -2.38. The summed E-state index contributed by atoms with van der Waals surface area (Å²) in [5, 5.41) is 0. The highest BCUT2D eigenvalue weighted by Gasteiger charge is 2.27. The molecule has 0 amide bonds. The fourth-order valence-electron chi connectivity index (χ4n) is 3.37. The third-order valence-electron chi connectivity index (χ3n) is 5.13. The number of hydrogen-bond donors (Lipinski definition) is 1. The van der Waals surface area contributed by atoms with Crippen molar-refractivity contribution in [3.05, 3.63) is 59.7 Å². The van der Waals surface area contributed by atoms with E-state index < -0.39 is 26.6 Å². The van der Waals surface area contributed by atoms with Gasteiger partial charge in [-0.3, -0.25) is 4.90 Å². The van der Waals surface area contributed by atoms with Crippen LogP contribution in [0.3, 0.4) is 0 Å². The SMILES string of the molecule is COc1ccc(C(CNS(=O)(=O)c2cc(F)ccc2F)N2CCN(C)CC2)cc1. The van der Waals surface area contributed by atoms with Crippen molar-refractivity contribution in [3.63, 3.8) is 0 Å². The lowest BCUT2D eigenvalue weighted by Crippen LogP contribution is -2.48. The fourth-order valence-corrected chi connectivity index (χ4v) is 4.49. The highest BCUT2D eigenvalue weighted by molar-refractivity contribution is 7.89. The van der Waals surface area contributed by atoms with Gasteiger partial charge in [0.05, 0.1) is 7.11 Å². The number of nitrogens with zero attached hydrogens (tertiary/aromatic N) is 2. The Morgan fingerprint density at radius 2 is 1.72 bits per heavy atom. The van der Waals surface area contributed by atoms with E-state index in [1.54, 1.807) is 7.11 Å². The van der Waals surface area contributed by atoms with Gasteiger partial charge in [-0.15, -0.1) is 0 Å². The van der Waals surface area contributed by atoms with E-state index in [1.807, 2.05) is 31.3 Å². The molecule has 1 atom stereocenters. The lowest BCUT2D eigenvalue weighted by molar-refractivity contribution is 0.113. The summed E-state index contributed by atoms with van der Waals surface area (Å²) in [6.07, 6.45) is 0. The first-order valence-electron chi connectivity index (χ1n) is 9.31. The van der Waals surface area contributed by atoms with Gasteiger partial charge in [-0.2, -0.15) is 0 Å². The summed E-state index contributed by atoms with van der Waals surface area (Å²) in [5.74, 6) is -1.09. The molecule has 29 heavy (non-hydrogen) atoms. The van der Waals surface area contributed by atoms with E-state index in [4.69, 9.17) is 4.74 Å². The van der Waals surface area contributed by atoms with Crippen molar-refractivity contribution >= 4 is 10.0 Å². The molecule has 0 aliphatic carbocycles. The third-order valence-corrected chi connectivity index (χ3v) is 6.57. The summed E-state index contributed by atoms with van der Waals surface area (Å²) < 4.78 is 60.3. The fraction of sp³-hybridized carbons (Fsp3) is 0.400. The van der Waals surface area contributed by atoms with Gasteiger partial charge in [0.1, 0.15) is 22.3 Å². The van der Waals surface area contributed by atoms with Crippen molar-refractivity contribution < 1.29 is 21.9 Å². The van der Waals surface area contributed by atoms with Gasteiger partial charge in [-0.05, 0) is 42.9 Å². The van der Waals surface area contributed by atoms with Crippen LogP contribution in [0.5, 0.6) is 5.75 Å². The minimum Gasteiger partial charge on any atom is -0.497 e. The minimum absolute atomic E-state index is 0.0360. The van der Waals surface area contributed by atoms with E-state index in [0.29, 0.717) is 11.8 Å². The van der Waals surface area contributed by atoms with Gasteiger partial charge in [-0.1, -0.05) is 12.1 Å². The summed E-state index contributed by atoms with van der Waals surface area (Å²) >= 11 is 0. The molecule has 2 aromatic rings. The number of rotatable bonds is 7. The molecule has 1 unspecified atom stereocenters. The predicted molar refractivity (Wildman–Crippen MR) is 106 cm³/mol. The van der Waals surface area contributed by atoms with Crippen molar-refractivity contribution in [2.45, 2.75) is 10.9 Å². The number of sulfonamides is 1. The van der Waals surface area contributed by atoms with E-state index in [-0.39, 0.29) is 12.6 Å². The number of halogens is 2. The molecule has 1 N–H and O–H groups in total. The summed E-state index contributed by atoms with van der Waals surface area (Å²) in [6, 6.07) is 9.55. The van der Waals surface area contributed by atoms with Crippen LogP contribution < -0.4 is 9.46 Å². The maximum absolute atomic E-state index is 14.0. The first-order chi connectivity index (χ1) is 13.8. The van der Waals surface area contributed by atoms with Gasteiger partial charge in [0.15, 0.2) is 0 Å². The molecule has 1 saturated heterocycles. The summed E-state index contributed by atoms with van der Waals surface area (Å²) in [6.45, 7) is 3.29. The molecule has 0 bridgehead atoms. The Bertz CT molecular complexity index is 930. The molecule has 1 aliphatic heterocycles. The maximum atomic E-state index is 14.0. The zero-order chi connectivity index (χ0) is 21.0. The standard InChI is InChI=1S/C20H25F2N3O3S/c1-24-9-11-25(12-10-24)19(15-3-6-17(28-2)7-4-15)14-23-29(26,27)20-13-16(21)5-8-18(20)22/h3-8,13,19,23H,9-12,14H2,1-2H3. The topological polar surface area (TPSA) is 61.9 Å². The molecule has 0 aromatic heterocycles. The third kappa shape index (κ3) is 5.30. The second-order valence-electron chi connectivity index (χ2n) is 7.05. The molecule has 1 fully saturated rings. The Morgan fingerprint density at radius 3 is 2.34 bits per heavy atom. The smallest absolute Gasteiger partial charge is 0.243 e. The molecule has 3 rings (SSSR count). The Balaban J connectivity index is 1.83. The number of benzene rings is 2. The van der Waals surface area contributed by atoms with Crippen LogP contribution in [0.15, 0.2) is 47.4 Å². The summed E-state index contributed by atoms with van der Waals surface area (Å²) in [7, 11) is -0.591. The van der Waals surface area contributed by atoms with E-state index in [2.05, 4.69) is 14.5 Å². The van der Waals surface area contributed by atoms with Crippen molar-refractivity contribution in [3.8, 4) is 5.75 Å². The van der Waals surface area contributed by atoms with Gasteiger partial charge in [0, 0.05) is 38.8 Å². The van der Waals surface area contributed by atoms with Gasteiger partial charge in [-0.25, -0.2) is 21.9 Å². The van der Waals surface area contributed by atoms with E-state index in [0.717, 1.165) is 43.9 Å². The Labute approximate surface area is 170 Å². The van der Waals surface area contributed by atoms with E-state index in [9.17, 15) is 17.2 Å². The predicted octanol–water partition coefficient (Wildman–Crippen LogP) is 2.24. The molecule has 0 radical (unpaired) electrons. The second-order valence-corrected chi connectivity index (χ2v) is 8.79. The zero-order valence-electron chi connectivity index (χ0n) is 16.4. The molecule has 1 aliphatic rings. The lowest BCUT2D eigenvalue weighted by atomic mass is 10.0. The van der Waals surface area contributed by atoms with Gasteiger partial charge in [0.2, 0.25) is 10.0 Å². The number of likely N-dealkylation sites (N-methyl/N-ethyl adjacent to an activating group) is 1. The average Bonchev–Trinajstić information content (AvgIpc) is 2.71. The maximum Gasteiger partial charge on any atom is 0.243 e. The van der Waals surface area contributed by atoms with E-state index in [1.165, 1.54) is 0 Å². The Morgan fingerprint density at radius 1 is 1.07 bits per heavy atom. The van der Waals surface area contributed by atoms with Crippen LogP contribution in [-0.2, 0) is 10.0 Å². The summed E-state index contributed by atoms with van der Waals surface area (Å²) in [5.41, 5.74) is 0.915. The van der Waals surface area contributed by atoms with Crippen molar-refractivity contribution in [1.29, 1.82) is 0 Å². The number of nitrogens with one attached hydrogen (secondary N) is 1. The molecule has 0 saturated carbocycles. The highest BCUT2D eigenvalue weighted by Crippen LogP contribution is 2.25. The van der Waals surface area contributed by atoms with Crippen LogP contribution >= 0.6 is 0 Å². The Kier molecular flexibility index (Phi) is 6.84. The van der Waals surface area contributed by atoms with Crippen LogP contribution in [0.4, 0.5) is 8.78 Å². The molecule has 0 spiro atoms. The number of piperazine rings is 1. The number of hydrogen-bond acceptors (Lipinski definition) is 5. The average molecular weight is 426 g/mol. The van der Waals surface area contributed by atoms with Crippen molar-refractivity contribution in [1.82, 2.24) is 14.5 Å². The van der Waals surface area contributed by atoms with Crippen LogP contribution in [0.2, 0.25) is 0 Å². The molecular formula is C20H25F2N3O3S. The van der Waals surface area contributed by atoms with Crippen LogP contribution in [0.25, 0.3) is 0 Å². The van der Waals surface area contributed by atoms with Gasteiger partial charge < -0.3 is 9.64 Å². The van der Waals surface area contributed by atoms with Crippen LogP contribution in [-0.4, -0.2) is 65.1 Å². The van der Waals surface area contributed by atoms with Crippen LogP contribution in [0, 0.1) is 11.6 Å². The quantitative estimate of drug-likeness (QED) is 0.737. The Hall–Kier alpha value is -2.07. The molecule has 1 heterocycles. The molecular weight excluding hydrogens is 400 g/mol. The molecule has 158 valence electrons. The largest absolute Gasteiger partial charge is 0.497 e. The molecule has 9 heteroatoms. The van der Waals surface area contributed by atoms with Gasteiger partial charge >= 0.3 is 0 Å². The second kappa shape index (κ2) is 9.17. The monoisotopic (exact) mass is 425 g/mol. The summed E-state index contributed by atoms with van der Waals surface area (Å²) in [4.78, 5) is 3.70. The van der Waals surface area contributed by atoms with Gasteiger partial charge in [0.25, 0.3) is 0 Å². The zero-order valence-corrected chi connectivity index (χ0v) is 17.3. The number of methoxy groups -OCH3 is 1. The van der Waals surface area contributed by atoms with Crippen molar-refractivity contribution in [2.24, 2.45) is 0 Å².